The molecule has 0 unspecified atom stereocenters. The van der Waals surface area contributed by atoms with Crippen LogP contribution in [0.3, 0.4) is 0 Å². The third kappa shape index (κ3) is 3.57. The summed E-state index contributed by atoms with van der Waals surface area (Å²) in [7, 11) is 0. The van der Waals surface area contributed by atoms with Gasteiger partial charge in [-0.2, -0.15) is 0 Å². The highest BCUT2D eigenvalue weighted by atomic mass is 35.5. The van der Waals surface area contributed by atoms with E-state index in [-0.39, 0.29) is 12.6 Å². The van der Waals surface area contributed by atoms with E-state index in [2.05, 4.69) is 5.32 Å². The largest absolute Gasteiger partial charge is 0.394 e. The molecule has 2 aromatic carbocycles. The van der Waals surface area contributed by atoms with E-state index < -0.39 is 0 Å². The van der Waals surface area contributed by atoms with Crippen LogP contribution in [0.1, 0.15) is 17.2 Å². The van der Waals surface area contributed by atoms with Crippen LogP contribution in [0.5, 0.6) is 0 Å². The first-order chi connectivity index (χ1) is 8.79. The standard InChI is InChI=1S/C15H16ClNO/c16-14-8-6-12(7-9-14)10-17-15(11-18)13-4-2-1-3-5-13/h1-9,15,17-18H,10-11H2/t15-/m1/s1. The maximum Gasteiger partial charge on any atom is 0.0626 e. The number of benzene rings is 2. The fraction of sp³-hybridized carbons (Fsp3) is 0.200. The Morgan fingerprint density at radius 1 is 1.00 bits per heavy atom. The van der Waals surface area contributed by atoms with E-state index in [9.17, 15) is 5.11 Å². The van der Waals surface area contributed by atoms with Crippen LogP contribution in [-0.2, 0) is 6.54 Å². The summed E-state index contributed by atoms with van der Waals surface area (Å²) in [6.07, 6.45) is 0. The normalized spacial score (nSPS) is 12.3. The molecular weight excluding hydrogens is 246 g/mol. The lowest BCUT2D eigenvalue weighted by Gasteiger charge is -2.16. The molecule has 0 aliphatic heterocycles. The minimum absolute atomic E-state index is 0.0399. The maximum atomic E-state index is 9.42. The molecule has 2 rings (SSSR count). The van der Waals surface area contributed by atoms with Crippen molar-refractivity contribution in [3.8, 4) is 0 Å². The molecule has 2 aromatic rings. The van der Waals surface area contributed by atoms with Crippen LogP contribution >= 0.6 is 11.6 Å². The second kappa shape index (κ2) is 6.55. The van der Waals surface area contributed by atoms with E-state index in [0.717, 1.165) is 16.1 Å². The zero-order valence-electron chi connectivity index (χ0n) is 10.0. The molecule has 0 aromatic heterocycles. The maximum absolute atomic E-state index is 9.42. The van der Waals surface area contributed by atoms with Gasteiger partial charge in [-0.1, -0.05) is 54.1 Å². The summed E-state index contributed by atoms with van der Waals surface area (Å²) in [6.45, 7) is 0.787. The molecule has 0 saturated heterocycles. The van der Waals surface area contributed by atoms with Crippen LogP contribution in [0.15, 0.2) is 54.6 Å². The van der Waals surface area contributed by atoms with E-state index in [1.807, 2.05) is 54.6 Å². The van der Waals surface area contributed by atoms with E-state index in [4.69, 9.17) is 11.6 Å². The molecule has 2 nitrogen and oxygen atoms in total. The third-order valence-electron chi connectivity index (χ3n) is 2.85. The van der Waals surface area contributed by atoms with Gasteiger partial charge in [0.2, 0.25) is 0 Å². The summed E-state index contributed by atoms with van der Waals surface area (Å²) in [5.41, 5.74) is 2.24. The Bertz CT molecular complexity index is 470. The molecular formula is C15H16ClNO. The Kier molecular flexibility index (Phi) is 4.76. The fourth-order valence-electron chi connectivity index (χ4n) is 1.82. The molecule has 0 radical (unpaired) electrons. The molecule has 0 fully saturated rings. The number of aliphatic hydroxyl groups is 1. The van der Waals surface area contributed by atoms with Gasteiger partial charge < -0.3 is 10.4 Å². The molecule has 0 spiro atoms. The van der Waals surface area contributed by atoms with Crippen molar-refractivity contribution in [3.05, 3.63) is 70.7 Å². The average molecular weight is 262 g/mol. The summed E-state index contributed by atoms with van der Waals surface area (Å²) < 4.78 is 0. The second-order valence-corrected chi connectivity index (χ2v) is 4.59. The molecule has 3 heteroatoms. The van der Waals surface area contributed by atoms with Gasteiger partial charge in [0, 0.05) is 11.6 Å². The van der Waals surface area contributed by atoms with Crippen molar-refractivity contribution in [1.82, 2.24) is 5.32 Å². The summed E-state index contributed by atoms with van der Waals surface area (Å²) >= 11 is 5.84. The summed E-state index contributed by atoms with van der Waals surface area (Å²) in [6, 6.07) is 17.6. The molecule has 0 amide bonds. The molecule has 2 N–H and O–H groups in total. The van der Waals surface area contributed by atoms with Gasteiger partial charge in [0.05, 0.1) is 12.6 Å². The Balaban J connectivity index is 1.97. The zero-order valence-corrected chi connectivity index (χ0v) is 10.8. The van der Waals surface area contributed by atoms with Gasteiger partial charge in [-0.25, -0.2) is 0 Å². The van der Waals surface area contributed by atoms with Crippen LogP contribution in [0.25, 0.3) is 0 Å². The van der Waals surface area contributed by atoms with Crippen LogP contribution in [0.2, 0.25) is 5.02 Å². The first-order valence-electron chi connectivity index (χ1n) is 5.93. The van der Waals surface area contributed by atoms with Crippen LogP contribution in [0.4, 0.5) is 0 Å². The van der Waals surface area contributed by atoms with E-state index in [1.165, 1.54) is 0 Å². The van der Waals surface area contributed by atoms with Gasteiger partial charge in [0.1, 0.15) is 0 Å². The Hall–Kier alpha value is -1.35. The predicted molar refractivity (Wildman–Crippen MR) is 74.6 cm³/mol. The molecule has 0 aliphatic rings. The number of nitrogens with one attached hydrogen (secondary N) is 1. The topological polar surface area (TPSA) is 32.3 Å². The Labute approximate surface area is 112 Å². The summed E-state index contributed by atoms with van der Waals surface area (Å²) in [5, 5.41) is 13.5. The Morgan fingerprint density at radius 3 is 2.28 bits per heavy atom. The van der Waals surface area contributed by atoms with Gasteiger partial charge in [0.15, 0.2) is 0 Å². The van der Waals surface area contributed by atoms with Gasteiger partial charge in [0.25, 0.3) is 0 Å². The van der Waals surface area contributed by atoms with Crippen LogP contribution < -0.4 is 5.32 Å². The quantitative estimate of drug-likeness (QED) is 0.867. The van der Waals surface area contributed by atoms with Crippen LogP contribution in [0, 0.1) is 0 Å². The zero-order chi connectivity index (χ0) is 12.8. The third-order valence-corrected chi connectivity index (χ3v) is 3.10. The number of rotatable bonds is 5. The monoisotopic (exact) mass is 261 g/mol. The van der Waals surface area contributed by atoms with Gasteiger partial charge >= 0.3 is 0 Å². The second-order valence-electron chi connectivity index (χ2n) is 4.15. The Morgan fingerprint density at radius 2 is 1.67 bits per heavy atom. The molecule has 0 heterocycles. The van der Waals surface area contributed by atoms with Crippen molar-refractivity contribution in [3.63, 3.8) is 0 Å². The first kappa shape index (κ1) is 13.1. The minimum atomic E-state index is -0.0399. The minimum Gasteiger partial charge on any atom is -0.394 e. The molecule has 94 valence electrons. The van der Waals surface area contributed by atoms with Crippen molar-refractivity contribution >= 4 is 11.6 Å². The first-order valence-corrected chi connectivity index (χ1v) is 6.31. The van der Waals surface area contributed by atoms with Gasteiger partial charge in [-0.15, -0.1) is 0 Å². The van der Waals surface area contributed by atoms with E-state index in [0.29, 0.717) is 6.54 Å². The highest BCUT2D eigenvalue weighted by Gasteiger charge is 2.08. The van der Waals surface area contributed by atoms with Crippen molar-refractivity contribution in [1.29, 1.82) is 0 Å². The molecule has 1 atom stereocenters. The van der Waals surface area contributed by atoms with E-state index >= 15 is 0 Å². The highest BCUT2D eigenvalue weighted by molar-refractivity contribution is 6.30. The van der Waals surface area contributed by atoms with Crippen molar-refractivity contribution in [2.75, 3.05) is 6.61 Å². The summed E-state index contributed by atoms with van der Waals surface area (Å²) in [5.74, 6) is 0. The lowest BCUT2D eigenvalue weighted by Crippen LogP contribution is -2.23. The number of hydrogen-bond donors (Lipinski definition) is 2. The molecule has 0 saturated carbocycles. The lowest BCUT2D eigenvalue weighted by molar-refractivity contribution is 0.243. The van der Waals surface area contributed by atoms with Gasteiger partial charge in [-0.05, 0) is 23.3 Å². The lowest BCUT2D eigenvalue weighted by atomic mass is 10.1. The summed E-state index contributed by atoms with van der Waals surface area (Å²) in [4.78, 5) is 0. The smallest absolute Gasteiger partial charge is 0.0626 e. The number of halogens is 1. The molecule has 0 aliphatic carbocycles. The fourth-order valence-corrected chi connectivity index (χ4v) is 1.94. The van der Waals surface area contributed by atoms with Crippen molar-refractivity contribution < 1.29 is 5.11 Å². The number of aliphatic hydroxyl groups excluding tert-OH is 1. The average Bonchev–Trinajstić information content (AvgIpc) is 2.43. The van der Waals surface area contributed by atoms with Gasteiger partial charge in [-0.3, -0.25) is 0 Å². The SMILES string of the molecule is OC[C@@H](NCc1ccc(Cl)cc1)c1ccccc1. The van der Waals surface area contributed by atoms with Crippen molar-refractivity contribution in [2.45, 2.75) is 12.6 Å². The van der Waals surface area contributed by atoms with Crippen LogP contribution in [-0.4, -0.2) is 11.7 Å². The molecule has 0 bridgehead atoms. The molecule has 18 heavy (non-hydrogen) atoms. The van der Waals surface area contributed by atoms with E-state index in [1.54, 1.807) is 0 Å². The predicted octanol–water partition coefficient (Wildman–Crippen LogP) is 3.16. The van der Waals surface area contributed by atoms with Crippen molar-refractivity contribution in [2.24, 2.45) is 0 Å². The highest BCUT2D eigenvalue weighted by Crippen LogP contribution is 2.14. The number of hydrogen-bond acceptors (Lipinski definition) is 2.